The van der Waals surface area contributed by atoms with Crippen LogP contribution in [-0.2, 0) is 0 Å². The summed E-state index contributed by atoms with van der Waals surface area (Å²) < 4.78 is 13.2. The summed E-state index contributed by atoms with van der Waals surface area (Å²) in [6.45, 7) is 0. The molecule has 0 saturated heterocycles. The van der Waals surface area contributed by atoms with Crippen molar-refractivity contribution in [3.05, 3.63) is 46.2 Å². The van der Waals surface area contributed by atoms with Crippen LogP contribution in [0.25, 0.3) is 0 Å². The fourth-order valence-corrected chi connectivity index (χ4v) is 1.93. The maximum atomic E-state index is 13.2. The highest BCUT2D eigenvalue weighted by atomic mass is 35.5. The highest BCUT2D eigenvalue weighted by Gasteiger charge is 2.08. The molecule has 0 heterocycles. The van der Waals surface area contributed by atoms with Crippen LogP contribution in [0.3, 0.4) is 0 Å². The van der Waals surface area contributed by atoms with Crippen LogP contribution in [0.1, 0.15) is 0 Å². The van der Waals surface area contributed by atoms with Gasteiger partial charge in [0, 0.05) is 11.4 Å². The quantitative estimate of drug-likeness (QED) is 0.576. The minimum absolute atomic E-state index is 0.0478. The molecule has 0 atom stereocenters. The predicted molar refractivity (Wildman–Crippen MR) is 75.0 cm³/mol. The fraction of sp³-hybridized carbons (Fsp3) is 0. The van der Waals surface area contributed by atoms with E-state index in [1.165, 1.54) is 12.1 Å². The average Bonchev–Trinajstić information content (AvgIpc) is 2.31. The molecule has 5 N–H and O–H groups in total. The summed E-state index contributed by atoms with van der Waals surface area (Å²) in [7, 11) is 0. The van der Waals surface area contributed by atoms with E-state index in [1.54, 1.807) is 18.2 Å². The molecule has 2 aromatic rings. The Morgan fingerprint density at radius 2 is 1.50 bits per heavy atom. The van der Waals surface area contributed by atoms with Gasteiger partial charge in [0.1, 0.15) is 0 Å². The third-order valence-electron chi connectivity index (χ3n) is 2.36. The lowest BCUT2D eigenvalue weighted by molar-refractivity contribution is 0.629. The van der Waals surface area contributed by atoms with Gasteiger partial charge in [-0.05, 0) is 30.3 Å². The van der Waals surface area contributed by atoms with Gasteiger partial charge in [-0.2, -0.15) is 0 Å². The van der Waals surface area contributed by atoms with Crippen LogP contribution in [0.2, 0.25) is 10.0 Å². The fourth-order valence-electron chi connectivity index (χ4n) is 1.45. The van der Waals surface area contributed by atoms with Gasteiger partial charge in [0.25, 0.3) is 0 Å². The van der Waals surface area contributed by atoms with E-state index >= 15 is 0 Å². The number of nitrogen functional groups attached to an aromatic ring is 2. The summed E-state index contributed by atoms with van der Waals surface area (Å²) in [6, 6.07) is 7.96. The number of rotatable bonds is 2. The van der Waals surface area contributed by atoms with Crippen molar-refractivity contribution in [1.29, 1.82) is 0 Å². The van der Waals surface area contributed by atoms with E-state index < -0.39 is 5.82 Å². The van der Waals surface area contributed by atoms with E-state index in [0.717, 1.165) is 0 Å². The van der Waals surface area contributed by atoms with Crippen LogP contribution in [0.5, 0.6) is 0 Å². The van der Waals surface area contributed by atoms with Gasteiger partial charge >= 0.3 is 0 Å². The van der Waals surface area contributed by atoms with Crippen LogP contribution < -0.4 is 16.8 Å². The zero-order chi connectivity index (χ0) is 13.3. The molecule has 2 rings (SSSR count). The third-order valence-corrected chi connectivity index (χ3v) is 2.91. The molecule has 0 radical (unpaired) electrons. The lowest BCUT2D eigenvalue weighted by atomic mass is 10.2. The molecule has 3 nitrogen and oxygen atoms in total. The standard InChI is InChI=1S/C12H10Cl2FN3/c13-8-3-7(4-9(14)12(8)15)18-6-1-2-10(16)11(17)5-6/h1-5,18H,16-17H2. The normalized spacial score (nSPS) is 10.4. The van der Waals surface area contributed by atoms with E-state index in [2.05, 4.69) is 5.32 Å². The van der Waals surface area contributed by atoms with E-state index in [-0.39, 0.29) is 10.0 Å². The van der Waals surface area contributed by atoms with Gasteiger partial charge in [-0.25, -0.2) is 4.39 Å². The first-order valence-corrected chi connectivity index (χ1v) is 5.79. The van der Waals surface area contributed by atoms with Gasteiger partial charge in [-0.15, -0.1) is 0 Å². The lowest BCUT2D eigenvalue weighted by Crippen LogP contribution is -1.97. The van der Waals surface area contributed by atoms with Crippen LogP contribution in [-0.4, -0.2) is 0 Å². The van der Waals surface area contributed by atoms with Crippen molar-refractivity contribution in [1.82, 2.24) is 0 Å². The summed E-state index contributed by atoms with van der Waals surface area (Å²) >= 11 is 11.4. The molecule has 0 aliphatic carbocycles. The van der Waals surface area contributed by atoms with Crippen molar-refractivity contribution in [2.75, 3.05) is 16.8 Å². The summed E-state index contributed by atoms with van der Waals surface area (Å²) in [6.07, 6.45) is 0. The van der Waals surface area contributed by atoms with Crippen molar-refractivity contribution in [3.8, 4) is 0 Å². The molecule has 0 amide bonds. The number of nitrogens with two attached hydrogens (primary N) is 2. The number of anilines is 4. The maximum Gasteiger partial charge on any atom is 0.160 e. The van der Waals surface area contributed by atoms with Gasteiger partial charge in [-0.3, -0.25) is 0 Å². The van der Waals surface area contributed by atoms with Crippen LogP contribution in [0.4, 0.5) is 27.1 Å². The molecular weight excluding hydrogens is 276 g/mol. The first-order valence-electron chi connectivity index (χ1n) is 5.04. The second-order valence-electron chi connectivity index (χ2n) is 3.72. The third kappa shape index (κ3) is 2.60. The van der Waals surface area contributed by atoms with Gasteiger partial charge in [0.05, 0.1) is 21.4 Å². The largest absolute Gasteiger partial charge is 0.397 e. The van der Waals surface area contributed by atoms with Gasteiger partial charge in [0.15, 0.2) is 5.82 Å². The smallest absolute Gasteiger partial charge is 0.160 e. The zero-order valence-electron chi connectivity index (χ0n) is 9.18. The Morgan fingerprint density at radius 1 is 0.889 bits per heavy atom. The molecular formula is C12H10Cl2FN3. The second kappa shape index (κ2) is 4.92. The molecule has 0 unspecified atom stereocenters. The minimum atomic E-state index is -0.638. The zero-order valence-corrected chi connectivity index (χ0v) is 10.7. The van der Waals surface area contributed by atoms with Gasteiger partial charge in [-0.1, -0.05) is 23.2 Å². The topological polar surface area (TPSA) is 64.1 Å². The summed E-state index contributed by atoms with van der Waals surface area (Å²) in [5, 5.41) is 2.91. The molecule has 0 spiro atoms. The van der Waals surface area contributed by atoms with Crippen molar-refractivity contribution in [3.63, 3.8) is 0 Å². The Balaban J connectivity index is 2.31. The van der Waals surface area contributed by atoms with Crippen molar-refractivity contribution >= 4 is 46.0 Å². The minimum Gasteiger partial charge on any atom is -0.397 e. The van der Waals surface area contributed by atoms with Gasteiger partial charge in [0.2, 0.25) is 0 Å². The Morgan fingerprint density at radius 3 is 2.06 bits per heavy atom. The molecule has 0 saturated carbocycles. The van der Waals surface area contributed by atoms with Crippen LogP contribution in [0, 0.1) is 5.82 Å². The van der Waals surface area contributed by atoms with Crippen LogP contribution >= 0.6 is 23.2 Å². The Hall–Kier alpha value is -1.65. The molecule has 0 aliphatic heterocycles. The molecule has 0 aromatic heterocycles. The molecule has 0 fully saturated rings. The molecule has 94 valence electrons. The van der Waals surface area contributed by atoms with Crippen LogP contribution in [0.15, 0.2) is 30.3 Å². The monoisotopic (exact) mass is 285 g/mol. The van der Waals surface area contributed by atoms with E-state index in [1.807, 2.05) is 0 Å². The highest BCUT2D eigenvalue weighted by Crippen LogP contribution is 2.30. The molecule has 0 bridgehead atoms. The predicted octanol–water partition coefficient (Wildman–Crippen LogP) is 4.04. The summed E-state index contributed by atoms with van der Waals surface area (Å²) in [5.74, 6) is -0.638. The highest BCUT2D eigenvalue weighted by molar-refractivity contribution is 6.35. The molecule has 2 aromatic carbocycles. The SMILES string of the molecule is Nc1ccc(Nc2cc(Cl)c(F)c(Cl)c2)cc1N. The molecule has 6 heteroatoms. The molecule has 0 aliphatic rings. The maximum absolute atomic E-state index is 13.2. The summed E-state index contributed by atoms with van der Waals surface area (Å²) in [4.78, 5) is 0. The van der Waals surface area contributed by atoms with E-state index in [9.17, 15) is 4.39 Å². The average molecular weight is 286 g/mol. The Labute approximate surface area is 113 Å². The van der Waals surface area contributed by atoms with E-state index in [0.29, 0.717) is 22.7 Å². The Bertz CT molecular complexity index is 579. The molecule has 18 heavy (non-hydrogen) atoms. The summed E-state index contributed by atoms with van der Waals surface area (Å²) in [5.41, 5.74) is 13.5. The van der Waals surface area contributed by atoms with Crippen molar-refractivity contribution in [2.45, 2.75) is 0 Å². The number of benzene rings is 2. The first kappa shape index (κ1) is 12.8. The number of halogens is 3. The number of hydrogen-bond donors (Lipinski definition) is 3. The first-order chi connectivity index (χ1) is 8.47. The van der Waals surface area contributed by atoms with E-state index in [4.69, 9.17) is 34.7 Å². The Kier molecular flexibility index (Phi) is 3.50. The number of hydrogen-bond acceptors (Lipinski definition) is 3. The number of nitrogens with one attached hydrogen (secondary N) is 1. The van der Waals surface area contributed by atoms with Crippen molar-refractivity contribution < 1.29 is 4.39 Å². The van der Waals surface area contributed by atoms with Gasteiger partial charge < -0.3 is 16.8 Å². The second-order valence-corrected chi connectivity index (χ2v) is 4.54. The van der Waals surface area contributed by atoms with Crippen molar-refractivity contribution in [2.24, 2.45) is 0 Å². The lowest BCUT2D eigenvalue weighted by Gasteiger charge is -2.10.